The van der Waals surface area contributed by atoms with Crippen LogP contribution in [0.2, 0.25) is 0 Å². The first-order valence-corrected chi connectivity index (χ1v) is 7.03. The van der Waals surface area contributed by atoms with Gasteiger partial charge in [-0.25, -0.2) is 0 Å². The molecule has 2 rings (SSSR count). The first-order chi connectivity index (χ1) is 11.3. The summed E-state index contributed by atoms with van der Waals surface area (Å²) in [5.41, 5.74) is -0.143. The van der Waals surface area contributed by atoms with E-state index in [0.29, 0.717) is 0 Å². The molecule has 0 saturated carbocycles. The Morgan fingerprint density at radius 1 is 1.21 bits per heavy atom. The van der Waals surface area contributed by atoms with Gasteiger partial charge < -0.3 is 29.5 Å². The van der Waals surface area contributed by atoms with Crippen molar-refractivity contribution in [2.75, 3.05) is 6.61 Å². The number of carbonyl (C=O) groups excluding carboxylic acids is 1. The number of carbonyl (C=O) groups is 1. The Hall–Kier alpha value is -2.27. The summed E-state index contributed by atoms with van der Waals surface area (Å²) in [5.74, 6) is -0.446. The molecule has 1 aromatic rings. The second kappa shape index (κ2) is 7.53. The molecule has 0 unspecified atom stereocenters. The first kappa shape index (κ1) is 18.1. The van der Waals surface area contributed by atoms with Crippen LogP contribution in [0.5, 0.6) is 5.75 Å². The zero-order valence-electron chi connectivity index (χ0n) is 12.6. The second-order valence-corrected chi connectivity index (χ2v) is 5.19. The Balaban J connectivity index is 2.06. The van der Waals surface area contributed by atoms with E-state index in [2.05, 4.69) is 0 Å². The van der Waals surface area contributed by atoms with Crippen LogP contribution in [0.4, 0.5) is 5.69 Å². The largest absolute Gasteiger partial charge is 0.463 e. The van der Waals surface area contributed by atoms with E-state index < -0.39 is 41.6 Å². The third-order valence-corrected chi connectivity index (χ3v) is 3.42. The molecule has 1 fully saturated rings. The molecular formula is C14H17NO9. The lowest BCUT2D eigenvalue weighted by atomic mass is 9.99. The average Bonchev–Trinajstić information content (AvgIpc) is 2.54. The number of hydrogen-bond donors (Lipinski definition) is 3. The fourth-order valence-electron chi connectivity index (χ4n) is 2.13. The molecule has 1 aliphatic rings. The van der Waals surface area contributed by atoms with Crippen LogP contribution in [-0.2, 0) is 14.3 Å². The number of nitrogens with zero attached hydrogens (tertiary/aromatic N) is 1. The number of non-ortho nitro benzene ring substituents is 1. The Labute approximate surface area is 136 Å². The van der Waals surface area contributed by atoms with Crippen LogP contribution < -0.4 is 4.74 Å². The number of aliphatic hydroxyl groups is 3. The fourth-order valence-corrected chi connectivity index (χ4v) is 2.13. The van der Waals surface area contributed by atoms with Crippen molar-refractivity contribution in [2.45, 2.75) is 37.6 Å². The summed E-state index contributed by atoms with van der Waals surface area (Å²) in [6, 6.07) is 5.00. The standard InChI is InChI=1S/C14H17NO9/c1-7(16)22-6-10-11(17)12(18)13(19)14(24-10)23-9-4-2-8(3-5-9)15(20)21/h2-5,10-14,17-19H,6H2,1H3/t10-,11+,12+,13-,14+/m1/s1. The predicted molar refractivity (Wildman–Crippen MR) is 77.0 cm³/mol. The monoisotopic (exact) mass is 343 g/mol. The maximum atomic E-state index is 10.8. The van der Waals surface area contributed by atoms with Crippen molar-refractivity contribution in [1.82, 2.24) is 0 Å². The highest BCUT2D eigenvalue weighted by atomic mass is 16.7. The summed E-state index contributed by atoms with van der Waals surface area (Å²) >= 11 is 0. The molecule has 1 aromatic carbocycles. The number of aliphatic hydroxyl groups excluding tert-OH is 3. The van der Waals surface area contributed by atoms with E-state index in [4.69, 9.17) is 14.2 Å². The van der Waals surface area contributed by atoms with Crippen molar-refractivity contribution in [1.29, 1.82) is 0 Å². The Bertz CT molecular complexity index is 590. The predicted octanol–water partition coefficient (Wildman–Crippen LogP) is -0.656. The topological polar surface area (TPSA) is 149 Å². The smallest absolute Gasteiger partial charge is 0.302 e. The molecule has 0 aliphatic carbocycles. The van der Waals surface area contributed by atoms with Gasteiger partial charge >= 0.3 is 5.97 Å². The minimum Gasteiger partial charge on any atom is -0.463 e. The zero-order chi connectivity index (χ0) is 17.9. The lowest BCUT2D eigenvalue weighted by molar-refractivity contribution is -0.384. The molecule has 0 spiro atoms. The molecule has 0 radical (unpaired) electrons. The van der Waals surface area contributed by atoms with Gasteiger partial charge in [-0.05, 0) is 12.1 Å². The van der Waals surface area contributed by atoms with Crippen molar-refractivity contribution in [3.63, 3.8) is 0 Å². The molecule has 3 N–H and O–H groups in total. The number of nitro benzene ring substituents is 1. The van der Waals surface area contributed by atoms with Gasteiger partial charge in [-0.15, -0.1) is 0 Å². The second-order valence-electron chi connectivity index (χ2n) is 5.19. The summed E-state index contributed by atoms with van der Waals surface area (Å²) in [7, 11) is 0. The fraction of sp³-hybridized carbons (Fsp3) is 0.500. The molecular weight excluding hydrogens is 326 g/mol. The van der Waals surface area contributed by atoms with Crippen LogP contribution in [-0.4, -0.2) is 63.5 Å². The molecule has 5 atom stereocenters. The van der Waals surface area contributed by atoms with E-state index in [1.54, 1.807) is 0 Å². The van der Waals surface area contributed by atoms with Crippen molar-refractivity contribution < 1.29 is 39.2 Å². The quantitative estimate of drug-likeness (QED) is 0.360. The van der Waals surface area contributed by atoms with E-state index in [1.165, 1.54) is 31.2 Å². The van der Waals surface area contributed by atoms with Gasteiger partial charge in [0.05, 0.1) is 4.92 Å². The number of esters is 1. The van der Waals surface area contributed by atoms with Crippen molar-refractivity contribution in [3.05, 3.63) is 34.4 Å². The molecule has 10 heteroatoms. The van der Waals surface area contributed by atoms with Gasteiger partial charge in [0.25, 0.3) is 5.69 Å². The van der Waals surface area contributed by atoms with E-state index in [-0.39, 0.29) is 18.0 Å². The molecule has 0 bridgehead atoms. The molecule has 1 aliphatic heterocycles. The lowest BCUT2D eigenvalue weighted by Crippen LogP contribution is -2.60. The van der Waals surface area contributed by atoms with E-state index >= 15 is 0 Å². The van der Waals surface area contributed by atoms with Crippen LogP contribution in [0.1, 0.15) is 6.92 Å². The highest BCUT2D eigenvalue weighted by molar-refractivity contribution is 5.65. The van der Waals surface area contributed by atoms with Gasteiger partial charge in [-0.1, -0.05) is 0 Å². The summed E-state index contributed by atoms with van der Waals surface area (Å²) in [5, 5.41) is 40.2. The number of ether oxygens (including phenoxy) is 3. The average molecular weight is 343 g/mol. The maximum Gasteiger partial charge on any atom is 0.302 e. The third-order valence-electron chi connectivity index (χ3n) is 3.42. The molecule has 0 amide bonds. The molecule has 132 valence electrons. The Morgan fingerprint density at radius 3 is 2.38 bits per heavy atom. The summed E-state index contributed by atoms with van der Waals surface area (Å²) in [6.45, 7) is 0.839. The Morgan fingerprint density at radius 2 is 1.83 bits per heavy atom. The van der Waals surface area contributed by atoms with Crippen LogP contribution in [0.3, 0.4) is 0 Å². The number of nitro groups is 1. The summed E-state index contributed by atoms with van der Waals surface area (Å²) < 4.78 is 15.4. The van der Waals surface area contributed by atoms with Gasteiger partial charge in [0, 0.05) is 19.1 Å². The molecule has 1 heterocycles. The van der Waals surface area contributed by atoms with Gasteiger partial charge in [-0.2, -0.15) is 0 Å². The van der Waals surface area contributed by atoms with Crippen molar-refractivity contribution in [2.24, 2.45) is 0 Å². The van der Waals surface area contributed by atoms with Crippen LogP contribution in [0.15, 0.2) is 24.3 Å². The van der Waals surface area contributed by atoms with Crippen molar-refractivity contribution >= 4 is 11.7 Å². The SMILES string of the molecule is CC(=O)OC[C@H]1O[C@H](Oc2ccc([N+](=O)[O-])cc2)[C@H](O)[C@@H](O)[C@H]1O. The minimum atomic E-state index is -1.58. The number of benzene rings is 1. The first-order valence-electron chi connectivity index (χ1n) is 7.03. The van der Waals surface area contributed by atoms with Crippen LogP contribution >= 0.6 is 0 Å². The van der Waals surface area contributed by atoms with Gasteiger partial charge in [-0.3, -0.25) is 14.9 Å². The van der Waals surface area contributed by atoms with Gasteiger partial charge in [0.1, 0.15) is 36.8 Å². The maximum absolute atomic E-state index is 10.8. The zero-order valence-corrected chi connectivity index (χ0v) is 12.6. The summed E-state index contributed by atoms with van der Waals surface area (Å²) in [6.07, 6.45) is -7.08. The van der Waals surface area contributed by atoms with Gasteiger partial charge in [0.15, 0.2) is 0 Å². The van der Waals surface area contributed by atoms with E-state index in [9.17, 15) is 30.2 Å². The van der Waals surface area contributed by atoms with Crippen LogP contribution in [0.25, 0.3) is 0 Å². The molecule has 24 heavy (non-hydrogen) atoms. The normalized spacial score (nSPS) is 29.8. The number of rotatable bonds is 5. The Kier molecular flexibility index (Phi) is 5.67. The summed E-state index contributed by atoms with van der Waals surface area (Å²) in [4.78, 5) is 20.9. The van der Waals surface area contributed by atoms with Crippen molar-refractivity contribution in [3.8, 4) is 5.75 Å². The third kappa shape index (κ3) is 4.17. The minimum absolute atomic E-state index is 0.143. The number of hydrogen-bond acceptors (Lipinski definition) is 9. The van der Waals surface area contributed by atoms with Gasteiger partial charge in [0.2, 0.25) is 6.29 Å². The molecule has 1 saturated heterocycles. The molecule has 10 nitrogen and oxygen atoms in total. The lowest BCUT2D eigenvalue weighted by Gasteiger charge is -2.39. The highest BCUT2D eigenvalue weighted by Crippen LogP contribution is 2.25. The van der Waals surface area contributed by atoms with Crippen LogP contribution in [0, 0.1) is 10.1 Å². The molecule has 0 aromatic heterocycles. The highest BCUT2D eigenvalue weighted by Gasteiger charge is 2.45. The van der Waals surface area contributed by atoms with E-state index in [1.807, 2.05) is 0 Å². The van der Waals surface area contributed by atoms with E-state index in [0.717, 1.165) is 0 Å².